The maximum absolute atomic E-state index is 4.39. The summed E-state index contributed by atoms with van der Waals surface area (Å²) in [6.45, 7) is 8.86. The zero-order valence-electron chi connectivity index (χ0n) is 8.04. The largest absolute Gasteiger partial charge is 1.00 e. The van der Waals surface area contributed by atoms with Crippen molar-refractivity contribution in [3.05, 3.63) is 0 Å². The molecule has 0 N–H and O–H groups in total. The summed E-state index contributed by atoms with van der Waals surface area (Å²) < 4.78 is 0. The van der Waals surface area contributed by atoms with Crippen LogP contribution in [-0.4, -0.2) is 24.2 Å². The zero-order chi connectivity index (χ0) is 8.41. The minimum atomic E-state index is 0. The normalized spacial score (nSPS) is 8.18. The molecule has 11 heavy (non-hydrogen) atoms. The third-order valence-corrected chi connectivity index (χ3v) is 4.50. The first-order chi connectivity index (χ1) is 4.76. The monoisotopic (exact) mass is 377 g/mol. The van der Waals surface area contributed by atoms with Gasteiger partial charge in [-0.05, 0) is 28.7 Å². The van der Waals surface area contributed by atoms with E-state index >= 15 is 0 Å². The van der Waals surface area contributed by atoms with Crippen molar-refractivity contribution in [2.45, 2.75) is 27.7 Å². The van der Waals surface area contributed by atoms with Crippen LogP contribution in [0.15, 0.2) is 0 Å². The van der Waals surface area contributed by atoms with Crippen molar-refractivity contribution in [1.82, 2.24) is 0 Å². The quantitative estimate of drug-likeness (QED) is 0.414. The van der Waals surface area contributed by atoms with Gasteiger partial charge in [0.25, 0.3) is 0 Å². The molecular weight excluding hydrogens is 356 g/mol. The van der Waals surface area contributed by atoms with Gasteiger partial charge in [-0.2, -0.15) is 5.75 Å². The molecule has 0 nitrogen and oxygen atoms in total. The van der Waals surface area contributed by atoms with Crippen molar-refractivity contribution in [1.29, 1.82) is 0 Å². The molecule has 0 aliphatic carbocycles. The van der Waals surface area contributed by atoms with Crippen molar-refractivity contribution in [3.8, 4) is 0 Å². The molecule has 0 rings (SSSR count). The van der Waals surface area contributed by atoms with Crippen LogP contribution in [0.5, 0.6) is 0 Å². The Kier molecular flexibility index (Phi) is 29.3. The van der Waals surface area contributed by atoms with Crippen LogP contribution in [0, 0.1) is 0 Å². The van der Waals surface area contributed by atoms with E-state index in [2.05, 4.69) is 33.4 Å². The Morgan fingerprint density at radius 1 is 0.909 bits per heavy atom. The summed E-state index contributed by atoms with van der Waals surface area (Å²) in [6, 6.07) is 0. The summed E-state index contributed by atoms with van der Waals surface area (Å²) in [4.78, 5) is 0. The van der Waals surface area contributed by atoms with E-state index in [-0.39, 0.29) is 30.3 Å². The molecule has 0 aliphatic rings. The molecule has 0 amide bonds. The Hall–Kier alpha value is 1.52. The smallest absolute Gasteiger partial charge is 0.793 e. The van der Waals surface area contributed by atoms with E-state index < -0.39 is 0 Å². The summed E-state index contributed by atoms with van der Waals surface area (Å²) >= 11 is 4.39. The first-order valence-electron chi connectivity index (χ1n) is 4.18. The Morgan fingerprint density at radius 2 is 1.09 bits per heavy atom. The molecule has 3 heteroatoms. The van der Waals surface area contributed by atoms with Crippen LogP contribution < -0.4 is 0 Å². The third-order valence-electron chi connectivity index (χ3n) is 1.50. The molecule has 0 heterocycles. The van der Waals surface area contributed by atoms with Crippen molar-refractivity contribution < 1.29 is 22.4 Å². The summed E-state index contributed by atoms with van der Waals surface area (Å²) in [7, 11) is 0.137. The van der Waals surface area contributed by atoms with Gasteiger partial charge in [-0.3, -0.25) is 0 Å². The molecule has 0 spiro atoms. The molecule has 0 fully saturated rings. The SMILES string of the molecule is CC[PH+](CC)CC.CC[S-].[Au+]. The van der Waals surface area contributed by atoms with Crippen LogP contribution in [0.2, 0.25) is 0 Å². The van der Waals surface area contributed by atoms with Crippen LogP contribution >= 0.6 is 7.92 Å². The van der Waals surface area contributed by atoms with Gasteiger partial charge in [-0.1, -0.05) is 6.92 Å². The minimum Gasteiger partial charge on any atom is -0.793 e. The van der Waals surface area contributed by atoms with E-state index in [1.165, 1.54) is 18.5 Å². The van der Waals surface area contributed by atoms with Crippen LogP contribution in [-0.2, 0) is 35.0 Å². The molecule has 0 aromatic carbocycles. The number of hydrogen-bond donors (Lipinski definition) is 0. The molecule has 0 aromatic rings. The number of hydrogen-bond acceptors (Lipinski definition) is 1. The van der Waals surface area contributed by atoms with Crippen molar-refractivity contribution >= 4 is 20.6 Å². The molecule has 74 valence electrons. The Morgan fingerprint density at radius 3 is 1.09 bits per heavy atom. The van der Waals surface area contributed by atoms with Gasteiger partial charge < -0.3 is 12.6 Å². The van der Waals surface area contributed by atoms with Crippen LogP contribution in [0.1, 0.15) is 27.7 Å². The van der Waals surface area contributed by atoms with Crippen molar-refractivity contribution in [2.75, 3.05) is 24.2 Å². The third kappa shape index (κ3) is 18.5. The minimum absolute atomic E-state index is 0. The van der Waals surface area contributed by atoms with Gasteiger partial charge in [0, 0.05) is 0 Å². The van der Waals surface area contributed by atoms with E-state index in [4.69, 9.17) is 0 Å². The molecule has 0 bridgehead atoms. The average Bonchev–Trinajstić information content (AvgIpc) is 1.93. The molecule has 0 saturated carbocycles. The molecule has 0 aliphatic heterocycles. The average molecular weight is 377 g/mol. The van der Waals surface area contributed by atoms with Gasteiger partial charge in [0.05, 0.1) is 18.5 Å². The van der Waals surface area contributed by atoms with Gasteiger partial charge in [0.15, 0.2) is 0 Å². The fourth-order valence-electron chi connectivity index (χ4n) is 0.750. The van der Waals surface area contributed by atoms with Gasteiger partial charge >= 0.3 is 22.4 Å². The predicted molar refractivity (Wildman–Crippen MR) is 57.8 cm³/mol. The van der Waals surface area contributed by atoms with Crippen LogP contribution in [0.4, 0.5) is 0 Å². The van der Waals surface area contributed by atoms with E-state index in [1.54, 1.807) is 0 Å². The summed E-state index contributed by atoms with van der Waals surface area (Å²) in [5, 5.41) is 0. The van der Waals surface area contributed by atoms with Gasteiger partial charge in [0.1, 0.15) is 0 Å². The first-order valence-corrected chi connectivity index (χ1v) is 6.88. The number of rotatable bonds is 3. The Labute approximate surface area is 94.6 Å². The summed E-state index contributed by atoms with van der Waals surface area (Å²) in [5.41, 5.74) is 0. The van der Waals surface area contributed by atoms with E-state index in [9.17, 15) is 0 Å². The maximum atomic E-state index is 4.39. The fourth-order valence-corrected chi connectivity index (χ4v) is 2.25. The second-order valence-electron chi connectivity index (χ2n) is 2.10. The Balaban J connectivity index is -0.000000140. The van der Waals surface area contributed by atoms with E-state index in [0.29, 0.717) is 0 Å². The van der Waals surface area contributed by atoms with Crippen molar-refractivity contribution in [2.24, 2.45) is 0 Å². The maximum Gasteiger partial charge on any atom is 1.00 e. The van der Waals surface area contributed by atoms with Gasteiger partial charge in [-0.15, -0.1) is 0 Å². The van der Waals surface area contributed by atoms with Crippen molar-refractivity contribution in [3.63, 3.8) is 0 Å². The standard InChI is InChI=1S/C6H15P.C2H6S.Au/c1-4-7(5-2)6-3;1-2-3;/h4-6H2,1-3H3;3H,2H2,1H3;/q;;+1. The van der Waals surface area contributed by atoms with Gasteiger partial charge in [-0.25, -0.2) is 0 Å². The molecule has 0 saturated heterocycles. The summed E-state index contributed by atoms with van der Waals surface area (Å²) in [5.74, 6) is 0.833. The summed E-state index contributed by atoms with van der Waals surface area (Å²) in [6.07, 6.45) is 4.37. The van der Waals surface area contributed by atoms with Crippen LogP contribution in [0.3, 0.4) is 0 Å². The van der Waals surface area contributed by atoms with Gasteiger partial charge in [0.2, 0.25) is 0 Å². The molecule has 0 unspecified atom stereocenters. The van der Waals surface area contributed by atoms with Crippen LogP contribution in [0.25, 0.3) is 0 Å². The fraction of sp³-hybridized carbons (Fsp3) is 1.00. The molecular formula is C8H21AuPS+. The first kappa shape index (κ1) is 18.3. The topological polar surface area (TPSA) is 0 Å². The molecule has 0 radical (unpaired) electrons. The van der Waals surface area contributed by atoms with E-state index in [0.717, 1.165) is 5.75 Å². The predicted octanol–water partition coefficient (Wildman–Crippen LogP) is 2.81. The van der Waals surface area contributed by atoms with E-state index in [1.807, 2.05) is 6.92 Å². The zero-order valence-corrected chi connectivity index (χ0v) is 12.0. The molecule has 0 aromatic heterocycles. The second kappa shape index (κ2) is 17.6. The molecule has 0 atom stereocenters. The second-order valence-corrected chi connectivity index (χ2v) is 6.30. The Bertz CT molecular complexity index is 43.8.